The van der Waals surface area contributed by atoms with Crippen molar-refractivity contribution in [1.29, 1.82) is 0 Å². The Labute approximate surface area is 160 Å². The Morgan fingerprint density at radius 1 is 1.25 bits per heavy atom. The van der Waals surface area contributed by atoms with Crippen LogP contribution in [0.1, 0.15) is 25.3 Å². The number of nitrogens with one attached hydrogen (secondary N) is 2. The van der Waals surface area contributed by atoms with Gasteiger partial charge in [-0.15, -0.1) is 0 Å². The molecule has 2 atom stereocenters. The summed E-state index contributed by atoms with van der Waals surface area (Å²) >= 11 is 0. The molecule has 1 fully saturated rings. The fourth-order valence-corrected chi connectivity index (χ4v) is 3.47. The van der Waals surface area contributed by atoms with Gasteiger partial charge in [-0.3, -0.25) is 9.78 Å². The molecule has 9 heteroatoms. The molecule has 1 aromatic carbocycles. The van der Waals surface area contributed by atoms with Crippen LogP contribution in [0.5, 0.6) is 0 Å². The zero-order valence-electron chi connectivity index (χ0n) is 15.3. The second kappa shape index (κ2) is 8.04. The lowest BCUT2D eigenvalue weighted by molar-refractivity contribution is -0.174. The molecule has 0 radical (unpaired) electrons. The minimum absolute atomic E-state index is 0.271. The molecule has 2 N–H and O–H groups in total. The Morgan fingerprint density at radius 2 is 2.04 bits per heavy atom. The van der Waals surface area contributed by atoms with Crippen molar-refractivity contribution in [2.45, 2.75) is 44.6 Å². The minimum atomic E-state index is -4.90. The summed E-state index contributed by atoms with van der Waals surface area (Å²) in [5.74, 6) is -1.94. The van der Waals surface area contributed by atoms with Gasteiger partial charge in [0.25, 0.3) is 0 Å². The molecule has 2 aromatic rings. The number of aromatic nitrogens is 1. The summed E-state index contributed by atoms with van der Waals surface area (Å²) in [5, 5.41) is 5.81. The number of halogens is 3. The van der Waals surface area contributed by atoms with E-state index in [1.54, 1.807) is 18.0 Å². The van der Waals surface area contributed by atoms with Gasteiger partial charge >= 0.3 is 18.1 Å². The van der Waals surface area contributed by atoms with Crippen molar-refractivity contribution in [1.82, 2.24) is 20.5 Å². The van der Waals surface area contributed by atoms with Gasteiger partial charge in [-0.2, -0.15) is 13.2 Å². The van der Waals surface area contributed by atoms with Crippen LogP contribution in [-0.4, -0.2) is 46.6 Å². The summed E-state index contributed by atoms with van der Waals surface area (Å²) in [7, 11) is 0. The number of fused-ring (bicyclic) bond motifs is 1. The third-order valence-electron chi connectivity index (χ3n) is 4.90. The molecule has 2 heterocycles. The van der Waals surface area contributed by atoms with E-state index >= 15 is 0 Å². The van der Waals surface area contributed by atoms with Gasteiger partial charge in [-0.1, -0.05) is 18.2 Å². The third kappa shape index (κ3) is 4.52. The fourth-order valence-electron chi connectivity index (χ4n) is 3.47. The summed E-state index contributed by atoms with van der Waals surface area (Å²) < 4.78 is 37.2. The molecule has 150 valence electrons. The summed E-state index contributed by atoms with van der Waals surface area (Å²) in [6.07, 6.45) is -2.65. The van der Waals surface area contributed by atoms with E-state index in [1.165, 1.54) is 0 Å². The van der Waals surface area contributed by atoms with Crippen molar-refractivity contribution < 1.29 is 22.8 Å². The van der Waals surface area contributed by atoms with Gasteiger partial charge in [-0.05, 0) is 37.5 Å². The number of nitrogens with zero attached hydrogens (tertiary/aromatic N) is 2. The summed E-state index contributed by atoms with van der Waals surface area (Å²) in [4.78, 5) is 29.5. The van der Waals surface area contributed by atoms with Crippen LogP contribution in [0.4, 0.5) is 18.0 Å². The first-order valence-corrected chi connectivity index (χ1v) is 9.00. The van der Waals surface area contributed by atoms with Gasteiger partial charge < -0.3 is 15.5 Å². The Hall–Kier alpha value is -2.84. The molecule has 6 nitrogen and oxygen atoms in total. The van der Waals surface area contributed by atoms with Crippen LogP contribution >= 0.6 is 0 Å². The number of piperidine rings is 1. The number of hydrogen-bond donors (Lipinski definition) is 2. The second-order valence-electron chi connectivity index (χ2n) is 6.88. The smallest absolute Gasteiger partial charge is 0.345 e. The molecule has 0 bridgehead atoms. The molecule has 1 aliphatic heterocycles. The quantitative estimate of drug-likeness (QED) is 0.841. The Kier molecular flexibility index (Phi) is 5.71. The van der Waals surface area contributed by atoms with E-state index in [-0.39, 0.29) is 31.5 Å². The SMILES string of the molecule is CC1CC(NC(=O)C(F)(F)F)CCN1C(=O)NCc1cccc2ncccc12. The van der Waals surface area contributed by atoms with Crippen LogP contribution in [0.25, 0.3) is 10.9 Å². The van der Waals surface area contributed by atoms with Crippen LogP contribution in [0.2, 0.25) is 0 Å². The highest BCUT2D eigenvalue weighted by atomic mass is 19.4. The van der Waals surface area contributed by atoms with Crippen LogP contribution in [0, 0.1) is 0 Å². The molecular formula is C19H21F3N4O2. The molecule has 1 aromatic heterocycles. The molecule has 1 saturated heterocycles. The second-order valence-corrected chi connectivity index (χ2v) is 6.88. The number of amides is 3. The summed E-state index contributed by atoms with van der Waals surface area (Å²) in [6.45, 7) is 2.35. The maximum atomic E-state index is 12.5. The largest absolute Gasteiger partial charge is 0.471 e. The first-order valence-electron chi connectivity index (χ1n) is 9.00. The Morgan fingerprint density at radius 3 is 2.75 bits per heavy atom. The van der Waals surface area contributed by atoms with E-state index in [0.29, 0.717) is 6.54 Å². The predicted octanol–water partition coefficient (Wildman–Crippen LogP) is 2.98. The molecule has 0 aliphatic carbocycles. The Bertz CT molecular complexity index is 866. The van der Waals surface area contributed by atoms with Crippen LogP contribution < -0.4 is 10.6 Å². The van der Waals surface area contributed by atoms with Crippen molar-refractivity contribution in [2.24, 2.45) is 0 Å². The molecule has 28 heavy (non-hydrogen) atoms. The van der Waals surface area contributed by atoms with Crippen molar-refractivity contribution >= 4 is 22.8 Å². The molecule has 3 amide bonds. The maximum Gasteiger partial charge on any atom is 0.471 e. The first kappa shape index (κ1) is 19.9. The maximum absolute atomic E-state index is 12.5. The highest BCUT2D eigenvalue weighted by Gasteiger charge is 2.41. The van der Waals surface area contributed by atoms with Gasteiger partial charge in [0.2, 0.25) is 0 Å². The fraction of sp³-hybridized carbons (Fsp3) is 0.421. The van der Waals surface area contributed by atoms with Gasteiger partial charge in [-0.25, -0.2) is 4.79 Å². The molecule has 0 spiro atoms. The van der Waals surface area contributed by atoms with Crippen molar-refractivity contribution in [3.05, 3.63) is 42.1 Å². The van der Waals surface area contributed by atoms with Gasteiger partial charge in [0.1, 0.15) is 0 Å². The lowest BCUT2D eigenvalue weighted by Crippen LogP contribution is -2.54. The highest BCUT2D eigenvalue weighted by molar-refractivity contribution is 5.83. The zero-order chi connectivity index (χ0) is 20.3. The van der Waals surface area contributed by atoms with E-state index < -0.39 is 18.1 Å². The number of hydrogen-bond acceptors (Lipinski definition) is 3. The number of pyridine rings is 1. The van der Waals surface area contributed by atoms with E-state index in [9.17, 15) is 22.8 Å². The molecule has 3 rings (SSSR count). The standard InChI is InChI=1S/C19H21F3N4O2/c1-12-10-14(25-17(27)19(20,21)22)7-9-26(12)18(28)24-11-13-4-2-6-16-15(13)5-3-8-23-16/h2-6,8,12,14H,7,9-11H2,1H3,(H,24,28)(H,25,27). The topological polar surface area (TPSA) is 74.3 Å². The highest BCUT2D eigenvalue weighted by Crippen LogP contribution is 2.21. The van der Waals surface area contributed by atoms with E-state index in [1.807, 2.05) is 35.6 Å². The summed E-state index contributed by atoms with van der Waals surface area (Å²) in [6, 6.07) is 8.26. The van der Waals surface area contributed by atoms with Crippen molar-refractivity contribution in [3.63, 3.8) is 0 Å². The average molecular weight is 394 g/mol. The number of alkyl halides is 3. The average Bonchev–Trinajstić information content (AvgIpc) is 2.65. The lowest BCUT2D eigenvalue weighted by Gasteiger charge is -2.38. The molecule has 2 unspecified atom stereocenters. The summed E-state index contributed by atoms with van der Waals surface area (Å²) in [5.41, 5.74) is 1.77. The zero-order valence-corrected chi connectivity index (χ0v) is 15.3. The molecule has 1 aliphatic rings. The Balaban J connectivity index is 1.56. The van der Waals surface area contributed by atoms with Crippen LogP contribution in [-0.2, 0) is 11.3 Å². The number of urea groups is 1. The predicted molar refractivity (Wildman–Crippen MR) is 97.4 cm³/mol. The minimum Gasteiger partial charge on any atom is -0.345 e. The van der Waals surface area contributed by atoms with Crippen molar-refractivity contribution in [2.75, 3.05) is 6.54 Å². The first-order chi connectivity index (χ1) is 13.3. The van der Waals surface area contributed by atoms with E-state index in [4.69, 9.17) is 0 Å². The van der Waals surface area contributed by atoms with E-state index in [0.717, 1.165) is 16.5 Å². The van der Waals surface area contributed by atoms with Gasteiger partial charge in [0.05, 0.1) is 5.52 Å². The van der Waals surface area contributed by atoms with Crippen LogP contribution in [0.3, 0.4) is 0 Å². The van der Waals surface area contributed by atoms with E-state index in [2.05, 4.69) is 10.3 Å². The molecular weight excluding hydrogens is 373 g/mol. The normalized spacial score (nSPS) is 20.1. The van der Waals surface area contributed by atoms with Crippen LogP contribution in [0.15, 0.2) is 36.5 Å². The number of carbonyl (C=O) groups excluding carboxylic acids is 2. The number of likely N-dealkylation sites (tertiary alicyclic amines) is 1. The number of benzene rings is 1. The lowest BCUT2D eigenvalue weighted by atomic mass is 9.98. The number of carbonyl (C=O) groups is 2. The van der Waals surface area contributed by atoms with Crippen molar-refractivity contribution in [3.8, 4) is 0 Å². The number of rotatable bonds is 3. The monoisotopic (exact) mass is 394 g/mol. The van der Waals surface area contributed by atoms with Gasteiger partial charge in [0, 0.05) is 36.8 Å². The molecule has 0 saturated carbocycles. The van der Waals surface area contributed by atoms with Gasteiger partial charge in [0.15, 0.2) is 0 Å². The third-order valence-corrected chi connectivity index (χ3v) is 4.90.